The summed E-state index contributed by atoms with van der Waals surface area (Å²) in [4.78, 5) is 28.9. The van der Waals surface area contributed by atoms with E-state index in [1.807, 2.05) is 0 Å². The lowest BCUT2D eigenvalue weighted by Gasteiger charge is -2.10. The maximum atomic E-state index is 12.9. The van der Waals surface area contributed by atoms with E-state index in [-0.39, 0.29) is 30.6 Å². The summed E-state index contributed by atoms with van der Waals surface area (Å²) in [6.07, 6.45) is 0.110. The molecular weight excluding hydrogens is 305 g/mol. The minimum Gasteiger partial charge on any atom is -0.347 e. The molecule has 116 valence electrons. The summed E-state index contributed by atoms with van der Waals surface area (Å²) >= 11 is 1.39. The number of rotatable bonds is 5. The minimum absolute atomic E-state index is 0.0270. The van der Waals surface area contributed by atoms with Crippen LogP contribution < -0.4 is 5.32 Å². The van der Waals surface area contributed by atoms with E-state index in [0.29, 0.717) is 5.69 Å². The minimum atomic E-state index is -0.300. The Morgan fingerprint density at radius 1 is 1.27 bits per heavy atom. The standard InChI is InChI=1S/C15H16FN3O2S/c1-19(2)14(21)8-17-13(20)7-12-9-22-15(18-12)10-3-5-11(16)6-4-10/h3-6,9H,7-8H2,1-2H3,(H,17,20). The van der Waals surface area contributed by atoms with Gasteiger partial charge in [-0.1, -0.05) is 0 Å². The lowest BCUT2D eigenvalue weighted by molar-refractivity contribution is -0.130. The van der Waals surface area contributed by atoms with Crippen molar-refractivity contribution in [1.82, 2.24) is 15.2 Å². The van der Waals surface area contributed by atoms with E-state index in [1.54, 1.807) is 31.6 Å². The third-order valence-electron chi connectivity index (χ3n) is 2.92. The predicted molar refractivity (Wildman–Crippen MR) is 82.9 cm³/mol. The number of hydrogen-bond donors (Lipinski definition) is 1. The fourth-order valence-corrected chi connectivity index (χ4v) is 2.50. The third kappa shape index (κ3) is 4.36. The molecule has 0 saturated heterocycles. The molecule has 5 nitrogen and oxygen atoms in total. The van der Waals surface area contributed by atoms with E-state index in [0.717, 1.165) is 10.6 Å². The van der Waals surface area contributed by atoms with Crippen LogP contribution in [0.3, 0.4) is 0 Å². The number of carbonyl (C=O) groups excluding carboxylic acids is 2. The molecule has 0 aliphatic heterocycles. The van der Waals surface area contributed by atoms with E-state index in [4.69, 9.17) is 0 Å². The monoisotopic (exact) mass is 321 g/mol. The number of halogens is 1. The highest BCUT2D eigenvalue weighted by molar-refractivity contribution is 7.13. The van der Waals surface area contributed by atoms with Gasteiger partial charge in [-0.25, -0.2) is 9.37 Å². The van der Waals surface area contributed by atoms with Crippen LogP contribution in [0.25, 0.3) is 10.6 Å². The van der Waals surface area contributed by atoms with Crippen LogP contribution >= 0.6 is 11.3 Å². The molecule has 7 heteroatoms. The van der Waals surface area contributed by atoms with Gasteiger partial charge in [0.15, 0.2) is 0 Å². The van der Waals surface area contributed by atoms with Crippen molar-refractivity contribution < 1.29 is 14.0 Å². The van der Waals surface area contributed by atoms with Crippen LogP contribution in [0, 0.1) is 5.82 Å². The molecule has 0 aliphatic carbocycles. The van der Waals surface area contributed by atoms with Crippen molar-refractivity contribution in [3.8, 4) is 10.6 Å². The van der Waals surface area contributed by atoms with Gasteiger partial charge in [-0.05, 0) is 24.3 Å². The number of thiazole rings is 1. The van der Waals surface area contributed by atoms with Crippen LogP contribution in [-0.4, -0.2) is 42.3 Å². The first-order valence-corrected chi connectivity index (χ1v) is 7.51. The molecule has 1 aromatic carbocycles. The van der Waals surface area contributed by atoms with E-state index in [9.17, 15) is 14.0 Å². The van der Waals surface area contributed by atoms with Gasteiger partial charge in [-0.2, -0.15) is 0 Å². The fourth-order valence-electron chi connectivity index (χ4n) is 1.67. The number of aromatic nitrogens is 1. The highest BCUT2D eigenvalue weighted by Gasteiger charge is 2.11. The highest BCUT2D eigenvalue weighted by Crippen LogP contribution is 2.23. The first-order chi connectivity index (χ1) is 10.5. The van der Waals surface area contributed by atoms with Crippen molar-refractivity contribution in [2.75, 3.05) is 20.6 Å². The maximum Gasteiger partial charge on any atom is 0.241 e. The normalized spacial score (nSPS) is 10.3. The summed E-state index contributed by atoms with van der Waals surface area (Å²) in [6, 6.07) is 6.04. The number of likely N-dealkylation sites (N-methyl/N-ethyl adjacent to an activating group) is 1. The number of benzene rings is 1. The van der Waals surface area contributed by atoms with Crippen molar-refractivity contribution in [1.29, 1.82) is 0 Å². The van der Waals surface area contributed by atoms with Gasteiger partial charge in [0.1, 0.15) is 10.8 Å². The third-order valence-corrected chi connectivity index (χ3v) is 3.86. The molecule has 0 fully saturated rings. The average Bonchev–Trinajstić information content (AvgIpc) is 2.93. The van der Waals surface area contributed by atoms with Gasteiger partial charge >= 0.3 is 0 Å². The number of carbonyl (C=O) groups is 2. The molecule has 22 heavy (non-hydrogen) atoms. The van der Waals surface area contributed by atoms with Gasteiger partial charge in [0.25, 0.3) is 0 Å². The summed E-state index contributed by atoms with van der Waals surface area (Å²) in [5, 5.41) is 5.07. The van der Waals surface area contributed by atoms with Gasteiger partial charge in [0.05, 0.1) is 18.7 Å². The zero-order valence-electron chi connectivity index (χ0n) is 12.3. The van der Waals surface area contributed by atoms with Crippen LogP contribution in [0.5, 0.6) is 0 Å². The molecule has 0 aliphatic rings. The van der Waals surface area contributed by atoms with Gasteiger partial charge in [0, 0.05) is 25.0 Å². The van der Waals surface area contributed by atoms with Crippen LogP contribution in [0.2, 0.25) is 0 Å². The number of amides is 2. The van der Waals surface area contributed by atoms with E-state index in [2.05, 4.69) is 10.3 Å². The molecule has 0 saturated carbocycles. The molecule has 0 radical (unpaired) electrons. The Kier molecular flexibility index (Phi) is 5.21. The molecule has 0 spiro atoms. The molecule has 1 heterocycles. The first kappa shape index (κ1) is 16.1. The van der Waals surface area contributed by atoms with Crippen LogP contribution in [0.4, 0.5) is 4.39 Å². The van der Waals surface area contributed by atoms with Crippen molar-refractivity contribution in [2.45, 2.75) is 6.42 Å². The number of nitrogens with zero attached hydrogens (tertiary/aromatic N) is 2. The Morgan fingerprint density at radius 2 is 1.95 bits per heavy atom. The summed E-state index contributed by atoms with van der Waals surface area (Å²) in [7, 11) is 3.26. The van der Waals surface area contributed by atoms with Gasteiger partial charge in [0.2, 0.25) is 11.8 Å². The Morgan fingerprint density at radius 3 is 2.59 bits per heavy atom. The van der Waals surface area contributed by atoms with Crippen LogP contribution in [0.1, 0.15) is 5.69 Å². The largest absolute Gasteiger partial charge is 0.347 e. The molecule has 2 rings (SSSR count). The molecule has 1 N–H and O–H groups in total. The molecular formula is C15H16FN3O2S. The van der Waals surface area contributed by atoms with Crippen LogP contribution in [0.15, 0.2) is 29.6 Å². The molecule has 0 bridgehead atoms. The van der Waals surface area contributed by atoms with Gasteiger partial charge < -0.3 is 10.2 Å². The van der Waals surface area contributed by atoms with Crippen molar-refractivity contribution in [2.24, 2.45) is 0 Å². The Balaban J connectivity index is 1.93. The highest BCUT2D eigenvalue weighted by atomic mass is 32.1. The SMILES string of the molecule is CN(C)C(=O)CNC(=O)Cc1csc(-c2ccc(F)cc2)n1. The van der Waals surface area contributed by atoms with Crippen LogP contribution in [-0.2, 0) is 16.0 Å². The number of hydrogen-bond acceptors (Lipinski definition) is 4. The second-order valence-corrected chi connectivity index (χ2v) is 5.75. The topological polar surface area (TPSA) is 62.3 Å². The summed E-state index contributed by atoms with van der Waals surface area (Å²) < 4.78 is 12.9. The van der Waals surface area contributed by atoms with E-state index >= 15 is 0 Å². The lowest BCUT2D eigenvalue weighted by atomic mass is 10.2. The van der Waals surface area contributed by atoms with Crippen molar-refractivity contribution >= 4 is 23.2 Å². The summed E-state index contributed by atoms with van der Waals surface area (Å²) in [5.41, 5.74) is 1.43. The van der Waals surface area contributed by atoms with Gasteiger partial charge in [-0.3, -0.25) is 9.59 Å². The Labute approximate surface area is 131 Å². The molecule has 2 aromatic rings. The zero-order valence-corrected chi connectivity index (χ0v) is 13.1. The van der Waals surface area contributed by atoms with Crippen molar-refractivity contribution in [3.05, 3.63) is 41.2 Å². The Bertz CT molecular complexity index is 668. The smallest absolute Gasteiger partial charge is 0.241 e. The molecule has 1 aromatic heterocycles. The summed E-state index contributed by atoms with van der Waals surface area (Å²) in [5.74, 6) is -0.727. The van der Waals surface area contributed by atoms with Crippen molar-refractivity contribution in [3.63, 3.8) is 0 Å². The molecule has 2 amide bonds. The molecule has 0 atom stereocenters. The van der Waals surface area contributed by atoms with E-state index in [1.165, 1.54) is 28.4 Å². The maximum absolute atomic E-state index is 12.9. The zero-order chi connectivity index (χ0) is 16.1. The van der Waals surface area contributed by atoms with E-state index < -0.39 is 0 Å². The second-order valence-electron chi connectivity index (χ2n) is 4.89. The summed E-state index contributed by atoms with van der Waals surface area (Å²) in [6.45, 7) is -0.0270. The predicted octanol–water partition coefficient (Wildman–Crippen LogP) is 1.70. The van der Waals surface area contributed by atoms with Gasteiger partial charge in [-0.15, -0.1) is 11.3 Å². The second kappa shape index (κ2) is 7.13. The quantitative estimate of drug-likeness (QED) is 0.912. The lowest BCUT2D eigenvalue weighted by Crippen LogP contribution is -2.36. The molecule has 0 unspecified atom stereocenters. The number of nitrogens with one attached hydrogen (secondary N) is 1. The Hall–Kier alpha value is -2.28. The fraction of sp³-hybridized carbons (Fsp3) is 0.267. The first-order valence-electron chi connectivity index (χ1n) is 6.63. The average molecular weight is 321 g/mol.